The summed E-state index contributed by atoms with van der Waals surface area (Å²) in [5, 5.41) is 9.73. The van der Waals surface area contributed by atoms with Crippen molar-refractivity contribution in [2.24, 2.45) is 17.6 Å². The SMILES string of the molecule is CCC(C(=O)N1CCC(C)C(O)C1)C(N)=S. The van der Waals surface area contributed by atoms with Gasteiger partial charge in [0.2, 0.25) is 5.91 Å². The third-order valence-corrected chi connectivity index (χ3v) is 3.56. The fraction of sp³-hybridized carbons (Fsp3) is 0.818. The van der Waals surface area contributed by atoms with E-state index in [-0.39, 0.29) is 22.7 Å². The van der Waals surface area contributed by atoms with Crippen molar-refractivity contribution < 1.29 is 9.90 Å². The Kier molecular flexibility index (Phi) is 4.68. The molecule has 0 bridgehead atoms. The second kappa shape index (κ2) is 5.59. The first kappa shape index (κ1) is 13.4. The molecule has 1 fully saturated rings. The number of thiocarbonyl (C=S) groups is 1. The van der Waals surface area contributed by atoms with Gasteiger partial charge in [-0.1, -0.05) is 26.1 Å². The minimum Gasteiger partial charge on any atom is -0.393 e. The van der Waals surface area contributed by atoms with E-state index in [4.69, 9.17) is 18.0 Å². The molecular formula is C11H20N2O2S. The lowest BCUT2D eigenvalue weighted by molar-refractivity contribution is -0.137. The molecule has 1 aliphatic heterocycles. The Morgan fingerprint density at radius 1 is 1.69 bits per heavy atom. The Hall–Kier alpha value is -0.680. The molecule has 3 atom stereocenters. The molecule has 92 valence electrons. The van der Waals surface area contributed by atoms with E-state index in [0.717, 1.165) is 6.42 Å². The Labute approximate surface area is 102 Å². The van der Waals surface area contributed by atoms with Gasteiger partial charge in [-0.05, 0) is 18.8 Å². The quantitative estimate of drug-likeness (QED) is 0.711. The number of likely N-dealkylation sites (tertiary alicyclic amines) is 1. The summed E-state index contributed by atoms with van der Waals surface area (Å²) in [5.41, 5.74) is 5.54. The molecule has 0 spiro atoms. The number of aliphatic hydroxyl groups is 1. The fourth-order valence-electron chi connectivity index (χ4n) is 1.97. The van der Waals surface area contributed by atoms with Crippen molar-refractivity contribution in [1.82, 2.24) is 4.90 Å². The molecular weight excluding hydrogens is 224 g/mol. The summed E-state index contributed by atoms with van der Waals surface area (Å²) in [6.45, 7) is 4.98. The van der Waals surface area contributed by atoms with E-state index in [9.17, 15) is 9.90 Å². The molecule has 0 aromatic carbocycles. The van der Waals surface area contributed by atoms with Crippen molar-refractivity contribution in [1.29, 1.82) is 0 Å². The molecule has 3 N–H and O–H groups in total. The Morgan fingerprint density at radius 3 is 2.75 bits per heavy atom. The highest BCUT2D eigenvalue weighted by Crippen LogP contribution is 2.19. The summed E-state index contributed by atoms with van der Waals surface area (Å²) in [6.07, 6.45) is 1.03. The zero-order valence-corrected chi connectivity index (χ0v) is 10.7. The average molecular weight is 244 g/mol. The maximum Gasteiger partial charge on any atom is 0.232 e. The number of carbonyl (C=O) groups excluding carboxylic acids is 1. The average Bonchev–Trinajstić information content (AvgIpc) is 2.22. The molecule has 5 heteroatoms. The van der Waals surface area contributed by atoms with Crippen LogP contribution in [-0.4, -0.2) is 40.1 Å². The van der Waals surface area contributed by atoms with Crippen molar-refractivity contribution >= 4 is 23.1 Å². The number of nitrogens with zero attached hydrogens (tertiary/aromatic N) is 1. The topological polar surface area (TPSA) is 66.6 Å². The smallest absolute Gasteiger partial charge is 0.232 e. The number of rotatable bonds is 3. The maximum atomic E-state index is 12.1. The highest BCUT2D eigenvalue weighted by Gasteiger charge is 2.31. The number of hydrogen-bond acceptors (Lipinski definition) is 3. The van der Waals surface area contributed by atoms with Crippen LogP contribution in [0.4, 0.5) is 0 Å². The van der Waals surface area contributed by atoms with Crippen molar-refractivity contribution in [3.63, 3.8) is 0 Å². The van der Waals surface area contributed by atoms with Gasteiger partial charge in [0.1, 0.15) is 0 Å². The minimum absolute atomic E-state index is 0.0408. The predicted molar refractivity (Wildman–Crippen MR) is 66.9 cm³/mol. The molecule has 3 unspecified atom stereocenters. The largest absolute Gasteiger partial charge is 0.393 e. The van der Waals surface area contributed by atoms with Crippen molar-refractivity contribution in [3.8, 4) is 0 Å². The molecule has 1 rings (SSSR count). The van der Waals surface area contributed by atoms with E-state index >= 15 is 0 Å². The number of hydrogen-bond donors (Lipinski definition) is 2. The molecule has 1 heterocycles. The van der Waals surface area contributed by atoms with Gasteiger partial charge in [0.15, 0.2) is 0 Å². The molecule has 0 aromatic heterocycles. The van der Waals surface area contributed by atoms with Gasteiger partial charge in [0.25, 0.3) is 0 Å². The van der Waals surface area contributed by atoms with Gasteiger partial charge in [0, 0.05) is 13.1 Å². The third-order valence-electron chi connectivity index (χ3n) is 3.28. The van der Waals surface area contributed by atoms with E-state index in [1.807, 2.05) is 13.8 Å². The van der Waals surface area contributed by atoms with Gasteiger partial charge in [-0.2, -0.15) is 0 Å². The number of aliphatic hydroxyl groups excluding tert-OH is 1. The van der Waals surface area contributed by atoms with Gasteiger partial charge < -0.3 is 15.7 Å². The van der Waals surface area contributed by atoms with Gasteiger partial charge in [-0.15, -0.1) is 0 Å². The van der Waals surface area contributed by atoms with Crippen LogP contribution in [0.1, 0.15) is 26.7 Å². The molecule has 1 amide bonds. The van der Waals surface area contributed by atoms with Crippen LogP contribution in [0.3, 0.4) is 0 Å². The summed E-state index contributed by atoms with van der Waals surface area (Å²) in [7, 11) is 0. The number of β-amino-alcohol motifs (C(OH)–C–C–N with tert-alkyl or cyclic N) is 1. The van der Waals surface area contributed by atoms with E-state index in [2.05, 4.69) is 0 Å². The molecule has 16 heavy (non-hydrogen) atoms. The molecule has 1 saturated heterocycles. The highest BCUT2D eigenvalue weighted by molar-refractivity contribution is 7.80. The maximum absolute atomic E-state index is 12.1. The number of amides is 1. The zero-order valence-electron chi connectivity index (χ0n) is 9.85. The predicted octanol–water partition coefficient (Wildman–Crippen LogP) is 0.528. The van der Waals surface area contributed by atoms with Crippen LogP contribution in [-0.2, 0) is 4.79 Å². The monoisotopic (exact) mass is 244 g/mol. The van der Waals surface area contributed by atoms with Crippen LogP contribution in [0.15, 0.2) is 0 Å². The molecule has 0 radical (unpaired) electrons. The molecule has 0 saturated carbocycles. The molecule has 4 nitrogen and oxygen atoms in total. The lowest BCUT2D eigenvalue weighted by Crippen LogP contribution is -2.49. The molecule has 0 aromatic rings. The summed E-state index contributed by atoms with van der Waals surface area (Å²) in [6, 6.07) is 0. The first-order valence-corrected chi connectivity index (χ1v) is 6.14. The lowest BCUT2D eigenvalue weighted by atomic mass is 9.94. The van der Waals surface area contributed by atoms with Gasteiger partial charge in [-0.3, -0.25) is 4.79 Å². The highest BCUT2D eigenvalue weighted by atomic mass is 32.1. The van der Waals surface area contributed by atoms with Crippen LogP contribution in [0.5, 0.6) is 0 Å². The third kappa shape index (κ3) is 2.92. The first-order chi connectivity index (χ1) is 7.47. The molecule has 1 aliphatic rings. The van der Waals surface area contributed by atoms with Crippen molar-refractivity contribution in [2.45, 2.75) is 32.8 Å². The number of carbonyl (C=O) groups is 1. The minimum atomic E-state index is -0.429. The first-order valence-electron chi connectivity index (χ1n) is 5.73. The lowest BCUT2D eigenvalue weighted by Gasteiger charge is -2.35. The van der Waals surface area contributed by atoms with E-state index in [1.165, 1.54) is 0 Å². The van der Waals surface area contributed by atoms with Crippen LogP contribution in [0.2, 0.25) is 0 Å². The van der Waals surface area contributed by atoms with Crippen molar-refractivity contribution in [2.75, 3.05) is 13.1 Å². The van der Waals surface area contributed by atoms with E-state index < -0.39 is 6.10 Å². The van der Waals surface area contributed by atoms with Crippen LogP contribution >= 0.6 is 12.2 Å². The number of nitrogens with two attached hydrogens (primary N) is 1. The summed E-state index contributed by atoms with van der Waals surface area (Å²) in [4.78, 5) is 14.0. The van der Waals surface area contributed by atoms with Crippen LogP contribution in [0, 0.1) is 11.8 Å². The van der Waals surface area contributed by atoms with Gasteiger partial charge in [0.05, 0.1) is 17.0 Å². The summed E-state index contributed by atoms with van der Waals surface area (Å²) in [5.74, 6) is -0.162. The van der Waals surface area contributed by atoms with Crippen LogP contribution in [0.25, 0.3) is 0 Å². The summed E-state index contributed by atoms with van der Waals surface area (Å²) < 4.78 is 0. The normalized spacial score (nSPS) is 27.6. The second-order valence-corrected chi connectivity index (χ2v) is 4.95. The standard InChI is InChI=1S/C11H20N2O2S/c1-3-8(10(12)16)11(15)13-5-4-7(2)9(14)6-13/h7-9,14H,3-6H2,1-2H3,(H2,12,16). The fourth-order valence-corrected chi connectivity index (χ4v) is 2.23. The zero-order chi connectivity index (χ0) is 12.3. The van der Waals surface area contributed by atoms with Gasteiger partial charge in [-0.25, -0.2) is 0 Å². The van der Waals surface area contributed by atoms with Crippen molar-refractivity contribution in [3.05, 3.63) is 0 Å². The number of piperidine rings is 1. The van der Waals surface area contributed by atoms with Crippen LogP contribution < -0.4 is 5.73 Å². The van der Waals surface area contributed by atoms with Gasteiger partial charge >= 0.3 is 0 Å². The van der Waals surface area contributed by atoms with E-state index in [1.54, 1.807) is 4.90 Å². The Balaban J connectivity index is 2.64. The molecule has 0 aliphatic carbocycles. The Bertz CT molecular complexity index is 283. The second-order valence-electron chi connectivity index (χ2n) is 4.48. The summed E-state index contributed by atoms with van der Waals surface area (Å²) >= 11 is 4.88. The van der Waals surface area contributed by atoms with E-state index in [0.29, 0.717) is 19.5 Å². The Morgan fingerprint density at radius 2 is 2.31 bits per heavy atom.